The molecule has 0 fully saturated rings. The van der Waals surface area contributed by atoms with Gasteiger partial charge in [-0.2, -0.15) is 0 Å². The van der Waals surface area contributed by atoms with E-state index in [-0.39, 0.29) is 11.0 Å². The van der Waals surface area contributed by atoms with E-state index >= 15 is 0 Å². The number of carbonyl (C=O) groups is 1. The Morgan fingerprint density at radius 3 is 1.78 bits per heavy atom. The number of rotatable bonds is 11. The SMILES string of the molecule is CC/C=C/C(CO[Si](c1ccccc1)(c1ccccc1)C(C)(C)C)C(/C=C/CC)C(=O)O. The summed E-state index contributed by atoms with van der Waals surface area (Å²) < 4.78 is 7.03. The van der Waals surface area contributed by atoms with Gasteiger partial charge in [0.05, 0.1) is 5.92 Å². The average Bonchev–Trinajstić information content (AvgIpc) is 2.77. The number of carboxylic acids is 1. The van der Waals surface area contributed by atoms with Gasteiger partial charge in [0, 0.05) is 12.5 Å². The summed E-state index contributed by atoms with van der Waals surface area (Å²) in [6.07, 6.45) is 9.50. The molecule has 0 aliphatic rings. The first-order valence-corrected chi connectivity index (χ1v) is 13.5. The van der Waals surface area contributed by atoms with Gasteiger partial charge in [-0.05, 0) is 28.3 Å². The molecule has 0 heterocycles. The van der Waals surface area contributed by atoms with E-state index in [2.05, 4.69) is 82.3 Å². The third-order valence-electron chi connectivity index (χ3n) is 5.85. The Balaban J connectivity index is 2.58. The Kier molecular flexibility index (Phi) is 9.67. The maximum Gasteiger partial charge on any atom is 0.311 e. The third kappa shape index (κ3) is 6.08. The highest BCUT2D eigenvalue weighted by Gasteiger charge is 2.50. The maximum absolute atomic E-state index is 12.1. The second-order valence-electron chi connectivity index (χ2n) is 9.17. The summed E-state index contributed by atoms with van der Waals surface area (Å²) >= 11 is 0. The largest absolute Gasteiger partial charge is 0.481 e. The molecule has 0 saturated heterocycles. The molecule has 32 heavy (non-hydrogen) atoms. The van der Waals surface area contributed by atoms with Crippen molar-refractivity contribution in [3.63, 3.8) is 0 Å². The van der Waals surface area contributed by atoms with E-state index < -0.39 is 20.2 Å². The molecule has 0 saturated carbocycles. The molecule has 3 nitrogen and oxygen atoms in total. The lowest BCUT2D eigenvalue weighted by Crippen LogP contribution is -2.67. The van der Waals surface area contributed by atoms with E-state index in [1.54, 1.807) is 0 Å². The first-order chi connectivity index (χ1) is 15.3. The summed E-state index contributed by atoms with van der Waals surface area (Å²) in [6, 6.07) is 20.9. The molecule has 0 bridgehead atoms. The molecule has 0 aliphatic heterocycles. The minimum Gasteiger partial charge on any atom is -0.481 e. The lowest BCUT2D eigenvalue weighted by molar-refractivity contribution is -0.141. The minimum absolute atomic E-state index is 0.146. The Hall–Kier alpha value is -2.43. The van der Waals surface area contributed by atoms with Crippen LogP contribution in [0.4, 0.5) is 0 Å². The van der Waals surface area contributed by atoms with Gasteiger partial charge in [-0.25, -0.2) is 0 Å². The summed E-state index contributed by atoms with van der Waals surface area (Å²) in [5.74, 6) is -1.67. The molecule has 4 heteroatoms. The third-order valence-corrected chi connectivity index (χ3v) is 10.9. The Morgan fingerprint density at radius 2 is 1.38 bits per heavy atom. The molecule has 2 atom stereocenters. The maximum atomic E-state index is 12.1. The van der Waals surface area contributed by atoms with Gasteiger partial charge < -0.3 is 9.53 Å². The average molecular weight is 451 g/mol. The van der Waals surface area contributed by atoms with Crippen LogP contribution in [0.5, 0.6) is 0 Å². The fourth-order valence-corrected chi connectivity index (χ4v) is 8.86. The van der Waals surface area contributed by atoms with Crippen molar-refractivity contribution in [2.45, 2.75) is 52.5 Å². The number of allylic oxidation sites excluding steroid dienone is 2. The molecule has 0 spiro atoms. The summed E-state index contributed by atoms with van der Waals surface area (Å²) in [6.45, 7) is 11.2. The van der Waals surface area contributed by atoms with Crippen LogP contribution in [0.2, 0.25) is 5.04 Å². The van der Waals surface area contributed by atoms with Gasteiger partial charge in [-0.15, -0.1) is 0 Å². The zero-order chi connectivity index (χ0) is 23.6. The van der Waals surface area contributed by atoms with Crippen molar-refractivity contribution in [1.82, 2.24) is 0 Å². The summed E-state index contributed by atoms with van der Waals surface area (Å²) in [4.78, 5) is 12.1. The van der Waals surface area contributed by atoms with Crippen LogP contribution in [-0.4, -0.2) is 26.0 Å². The molecular formula is C28H38O3Si. The lowest BCUT2D eigenvalue weighted by atomic mass is 9.91. The van der Waals surface area contributed by atoms with Crippen molar-refractivity contribution >= 4 is 24.7 Å². The van der Waals surface area contributed by atoms with Gasteiger partial charge >= 0.3 is 5.97 Å². The van der Waals surface area contributed by atoms with Gasteiger partial charge in [-0.3, -0.25) is 4.79 Å². The van der Waals surface area contributed by atoms with Crippen molar-refractivity contribution < 1.29 is 14.3 Å². The normalized spacial score (nSPS) is 14.7. The van der Waals surface area contributed by atoms with Crippen molar-refractivity contribution in [2.24, 2.45) is 11.8 Å². The molecule has 0 aromatic heterocycles. The topological polar surface area (TPSA) is 46.5 Å². The second-order valence-corrected chi connectivity index (χ2v) is 13.5. The molecule has 172 valence electrons. The number of aliphatic carboxylic acids is 1. The van der Waals surface area contributed by atoms with Gasteiger partial charge in [-0.1, -0.05) is 120 Å². The van der Waals surface area contributed by atoms with Crippen LogP contribution in [0.3, 0.4) is 0 Å². The quantitative estimate of drug-likeness (QED) is 0.347. The van der Waals surface area contributed by atoms with Crippen molar-refractivity contribution in [1.29, 1.82) is 0 Å². The Labute approximate surface area is 195 Å². The summed E-state index contributed by atoms with van der Waals surface area (Å²) in [5.41, 5.74) is 0. The number of carboxylic acid groups (broad SMARTS) is 1. The Morgan fingerprint density at radius 1 is 0.906 bits per heavy atom. The molecule has 2 aromatic rings. The van der Waals surface area contributed by atoms with Crippen LogP contribution < -0.4 is 10.4 Å². The van der Waals surface area contributed by atoms with Gasteiger partial charge in [0.2, 0.25) is 0 Å². The van der Waals surface area contributed by atoms with Gasteiger partial charge in [0.25, 0.3) is 8.32 Å². The van der Waals surface area contributed by atoms with E-state index in [0.29, 0.717) is 6.61 Å². The number of hydrogen-bond donors (Lipinski definition) is 1. The monoisotopic (exact) mass is 450 g/mol. The molecule has 1 N–H and O–H groups in total. The van der Waals surface area contributed by atoms with E-state index in [0.717, 1.165) is 12.8 Å². The van der Waals surface area contributed by atoms with Crippen LogP contribution in [0.25, 0.3) is 0 Å². The van der Waals surface area contributed by atoms with Gasteiger partial charge in [0.15, 0.2) is 0 Å². The molecule has 2 rings (SSSR count). The van der Waals surface area contributed by atoms with Crippen LogP contribution in [0, 0.1) is 11.8 Å². The smallest absolute Gasteiger partial charge is 0.311 e. The standard InChI is InChI=1S/C28H38O3Si/c1-6-8-16-23(26(27(29)30)21-9-7-2)22-31-32(28(3,4)5,24-17-12-10-13-18-24)25-19-14-11-15-20-25/h8-21,23,26H,6-7,22H2,1-5H3,(H,29,30)/b16-8+,21-9+. The fourth-order valence-electron chi connectivity index (χ4n) is 4.26. The van der Waals surface area contributed by atoms with Crippen LogP contribution in [0.15, 0.2) is 85.0 Å². The van der Waals surface area contributed by atoms with Crippen molar-refractivity contribution in [3.8, 4) is 0 Å². The first kappa shape index (κ1) is 25.8. The number of hydrogen-bond acceptors (Lipinski definition) is 2. The van der Waals surface area contributed by atoms with E-state index in [4.69, 9.17) is 4.43 Å². The van der Waals surface area contributed by atoms with Gasteiger partial charge in [0.1, 0.15) is 0 Å². The van der Waals surface area contributed by atoms with Crippen LogP contribution >= 0.6 is 0 Å². The van der Waals surface area contributed by atoms with Crippen molar-refractivity contribution in [2.75, 3.05) is 6.61 Å². The predicted octanol–water partition coefficient (Wildman–Crippen LogP) is 5.81. The minimum atomic E-state index is -2.71. The molecule has 2 unspecified atom stereocenters. The molecule has 0 radical (unpaired) electrons. The predicted molar refractivity (Wildman–Crippen MR) is 137 cm³/mol. The summed E-state index contributed by atoms with van der Waals surface area (Å²) in [5, 5.41) is 12.2. The Bertz CT molecular complexity index is 842. The summed E-state index contributed by atoms with van der Waals surface area (Å²) in [7, 11) is -2.71. The zero-order valence-electron chi connectivity index (χ0n) is 20.1. The lowest BCUT2D eigenvalue weighted by Gasteiger charge is -2.43. The van der Waals surface area contributed by atoms with Crippen LogP contribution in [0.1, 0.15) is 47.5 Å². The molecule has 0 amide bonds. The number of benzene rings is 2. The van der Waals surface area contributed by atoms with E-state index in [1.165, 1.54) is 10.4 Å². The highest BCUT2D eigenvalue weighted by atomic mass is 28.4. The highest BCUT2D eigenvalue weighted by Crippen LogP contribution is 2.37. The fraction of sp³-hybridized carbons (Fsp3) is 0.393. The molecule has 0 aliphatic carbocycles. The van der Waals surface area contributed by atoms with E-state index in [1.807, 2.05) is 37.3 Å². The van der Waals surface area contributed by atoms with Crippen molar-refractivity contribution in [3.05, 3.63) is 85.0 Å². The van der Waals surface area contributed by atoms with Crippen LogP contribution in [-0.2, 0) is 9.22 Å². The molecule has 2 aromatic carbocycles. The molecular weight excluding hydrogens is 412 g/mol. The second kappa shape index (κ2) is 12.0. The highest BCUT2D eigenvalue weighted by molar-refractivity contribution is 6.99. The zero-order valence-corrected chi connectivity index (χ0v) is 21.1. The van der Waals surface area contributed by atoms with E-state index in [9.17, 15) is 9.90 Å². The first-order valence-electron chi connectivity index (χ1n) is 11.6.